The van der Waals surface area contributed by atoms with Crippen molar-refractivity contribution < 1.29 is 0 Å². The molecular formula is C27H36N4O2S. The molecule has 182 valence electrons. The molecule has 6 nitrogen and oxygen atoms in total. The van der Waals surface area contributed by atoms with E-state index in [2.05, 4.69) is 54.2 Å². The molecule has 1 saturated carbocycles. The number of benzene rings is 1. The van der Waals surface area contributed by atoms with E-state index in [9.17, 15) is 9.59 Å². The summed E-state index contributed by atoms with van der Waals surface area (Å²) in [6, 6.07) is 10.6. The smallest absolute Gasteiger partial charge is 0.309 e. The van der Waals surface area contributed by atoms with Gasteiger partial charge in [0.25, 0.3) is 5.56 Å². The standard InChI is InChI=1S/C27H36N4O2S/c1-28(2)15-9-16-30-26-24(25(32)31(27(30)33)21-12-7-4-8-13-21)22-14-17-29(19-23(22)34-26)18-20-10-5-3-6-11-20/h3,5-6,10-11,21H,4,7-9,12-19H2,1-2H3. The lowest BCUT2D eigenvalue weighted by molar-refractivity contribution is 0.249. The first kappa shape index (κ1) is 23.5. The van der Waals surface area contributed by atoms with Crippen LogP contribution in [0.5, 0.6) is 0 Å². The third-order valence-corrected chi connectivity index (χ3v) is 8.65. The molecule has 0 amide bonds. The van der Waals surface area contributed by atoms with Crippen molar-refractivity contribution in [3.63, 3.8) is 0 Å². The quantitative estimate of drug-likeness (QED) is 0.508. The van der Waals surface area contributed by atoms with E-state index in [4.69, 9.17) is 0 Å². The fraction of sp³-hybridized carbons (Fsp3) is 0.556. The fourth-order valence-corrected chi connectivity index (χ4v) is 7.06. The summed E-state index contributed by atoms with van der Waals surface area (Å²) >= 11 is 1.68. The molecular weight excluding hydrogens is 444 g/mol. The van der Waals surface area contributed by atoms with Gasteiger partial charge in [0.15, 0.2) is 0 Å². The van der Waals surface area contributed by atoms with Crippen molar-refractivity contribution in [2.24, 2.45) is 0 Å². The lowest BCUT2D eigenvalue weighted by Gasteiger charge is -2.27. The zero-order chi connectivity index (χ0) is 23.7. The summed E-state index contributed by atoms with van der Waals surface area (Å²) in [5.41, 5.74) is 2.38. The summed E-state index contributed by atoms with van der Waals surface area (Å²) in [7, 11) is 4.12. The van der Waals surface area contributed by atoms with Crippen LogP contribution < -0.4 is 11.2 Å². The summed E-state index contributed by atoms with van der Waals surface area (Å²) in [5.74, 6) is 0. The molecule has 0 spiro atoms. The van der Waals surface area contributed by atoms with Crippen LogP contribution in [0.15, 0.2) is 39.9 Å². The number of aryl methyl sites for hydroxylation is 1. The van der Waals surface area contributed by atoms with Gasteiger partial charge < -0.3 is 4.90 Å². The third kappa shape index (κ3) is 4.66. The maximum atomic E-state index is 13.8. The highest BCUT2D eigenvalue weighted by Crippen LogP contribution is 2.34. The zero-order valence-corrected chi connectivity index (χ0v) is 21.3. The van der Waals surface area contributed by atoms with Gasteiger partial charge in [-0.15, -0.1) is 11.3 Å². The highest BCUT2D eigenvalue weighted by molar-refractivity contribution is 7.18. The Morgan fingerprint density at radius 3 is 2.56 bits per heavy atom. The summed E-state index contributed by atoms with van der Waals surface area (Å²) < 4.78 is 3.57. The van der Waals surface area contributed by atoms with Crippen molar-refractivity contribution >= 4 is 21.6 Å². The minimum atomic E-state index is -0.0945. The molecule has 2 aromatic heterocycles. The molecule has 0 unspecified atom stereocenters. The number of thiophene rings is 1. The summed E-state index contributed by atoms with van der Waals surface area (Å²) in [6.45, 7) is 4.28. The van der Waals surface area contributed by atoms with E-state index in [1.165, 1.54) is 22.4 Å². The van der Waals surface area contributed by atoms with E-state index in [1.807, 2.05) is 4.57 Å². The first-order valence-corrected chi connectivity index (χ1v) is 13.5. The van der Waals surface area contributed by atoms with Crippen LogP contribution in [-0.2, 0) is 26.1 Å². The van der Waals surface area contributed by atoms with Crippen molar-refractivity contribution in [3.8, 4) is 0 Å². The van der Waals surface area contributed by atoms with Gasteiger partial charge in [-0.2, -0.15) is 0 Å². The first-order chi connectivity index (χ1) is 16.5. The van der Waals surface area contributed by atoms with Crippen LogP contribution in [0, 0.1) is 0 Å². The van der Waals surface area contributed by atoms with Crippen LogP contribution >= 0.6 is 11.3 Å². The van der Waals surface area contributed by atoms with Crippen LogP contribution in [0.2, 0.25) is 0 Å². The molecule has 2 aliphatic rings. The minimum absolute atomic E-state index is 0.0373. The summed E-state index contributed by atoms with van der Waals surface area (Å²) in [4.78, 5) is 34.3. The third-order valence-electron chi connectivity index (χ3n) is 7.41. The second kappa shape index (κ2) is 10.2. The van der Waals surface area contributed by atoms with Crippen molar-refractivity contribution in [2.75, 3.05) is 27.2 Å². The van der Waals surface area contributed by atoms with Crippen molar-refractivity contribution in [2.45, 2.75) is 70.6 Å². The summed E-state index contributed by atoms with van der Waals surface area (Å²) in [5, 5.41) is 0.828. The van der Waals surface area contributed by atoms with Crippen LogP contribution in [0.25, 0.3) is 10.2 Å². The van der Waals surface area contributed by atoms with Crippen LogP contribution in [0.3, 0.4) is 0 Å². The van der Waals surface area contributed by atoms with E-state index in [1.54, 1.807) is 15.9 Å². The Hall–Kier alpha value is -2.22. The number of fused-ring (bicyclic) bond motifs is 3. The Morgan fingerprint density at radius 2 is 1.82 bits per heavy atom. The van der Waals surface area contributed by atoms with Crippen molar-refractivity contribution in [1.82, 2.24) is 18.9 Å². The molecule has 0 atom stereocenters. The van der Waals surface area contributed by atoms with E-state index in [0.29, 0.717) is 6.54 Å². The molecule has 0 bridgehead atoms. The Labute approximate surface area is 205 Å². The molecule has 7 heteroatoms. The monoisotopic (exact) mass is 480 g/mol. The highest BCUT2D eigenvalue weighted by Gasteiger charge is 2.28. The SMILES string of the molecule is CN(C)CCCn1c(=O)n(C2CCCCC2)c(=O)c2c3c(sc21)CN(Cc1ccccc1)CC3. The van der Waals surface area contributed by atoms with E-state index < -0.39 is 0 Å². The zero-order valence-electron chi connectivity index (χ0n) is 20.5. The predicted molar refractivity (Wildman–Crippen MR) is 140 cm³/mol. The second-order valence-corrected chi connectivity index (χ2v) is 11.3. The highest BCUT2D eigenvalue weighted by atomic mass is 32.1. The number of nitrogens with zero attached hydrogens (tertiary/aromatic N) is 4. The lowest BCUT2D eigenvalue weighted by atomic mass is 9.95. The van der Waals surface area contributed by atoms with Gasteiger partial charge in [-0.1, -0.05) is 49.6 Å². The molecule has 1 aromatic carbocycles. The maximum Gasteiger partial charge on any atom is 0.332 e. The predicted octanol–water partition coefficient (Wildman–Crippen LogP) is 4.24. The average Bonchev–Trinajstić information content (AvgIpc) is 3.21. The first-order valence-electron chi connectivity index (χ1n) is 12.7. The Bertz CT molecular complexity index is 1250. The van der Waals surface area contributed by atoms with Gasteiger partial charge in [0.2, 0.25) is 0 Å². The Kier molecular flexibility index (Phi) is 7.04. The average molecular weight is 481 g/mol. The number of rotatable bonds is 7. The fourth-order valence-electron chi connectivity index (χ4n) is 5.66. The number of hydrogen-bond acceptors (Lipinski definition) is 5. The molecule has 5 rings (SSSR count). The molecule has 3 heterocycles. The van der Waals surface area contributed by atoms with Gasteiger partial charge in [0.05, 0.1) is 5.39 Å². The topological polar surface area (TPSA) is 50.5 Å². The Morgan fingerprint density at radius 1 is 1.06 bits per heavy atom. The minimum Gasteiger partial charge on any atom is -0.309 e. The molecule has 3 aromatic rings. The second-order valence-electron chi connectivity index (χ2n) is 10.2. The van der Waals surface area contributed by atoms with Crippen LogP contribution in [0.1, 0.15) is 60.6 Å². The number of hydrogen-bond donors (Lipinski definition) is 0. The van der Waals surface area contributed by atoms with Gasteiger partial charge >= 0.3 is 5.69 Å². The van der Waals surface area contributed by atoms with E-state index in [-0.39, 0.29) is 17.3 Å². The normalized spacial score (nSPS) is 17.5. The van der Waals surface area contributed by atoms with Crippen molar-refractivity contribution in [3.05, 3.63) is 67.2 Å². The summed E-state index contributed by atoms with van der Waals surface area (Å²) in [6.07, 6.45) is 7.06. The van der Waals surface area contributed by atoms with Gasteiger partial charge in [0, 0.05) is 37.1 Å². The Balaban J connectivity index is 1.55. The van der Waals surface area contributed by atoms with Crippen LogP contribution in [0.4, 0.5) is 0 Å². The number of aromatic nitrogens is 2. The molecule has 0 N–H and O–H groups in total. The molecule has 34 heavy (non-hydrogen) atoms. The van der Waals surface area contributed by atoms with E-state index >= 15 is 0 Å². The maximum absolute atomic E-state index is 13.8. The van der Waals surface area contributed by atoms with Gasteiger partial charge in [0.1, 0.15) is 4.83 Å². The molecule has 0 saturated heterocycles. The lowest BCUT2D eigenvalue weighted by Crippen LogP contribution is -2.43. The van der Waals surface area contributed by atoms with Gasteiger partial charge in [-0.3, -0.25) is 18.8 Å². The molecule has 1 fully saturated rings. The molecule has 0 radical (unpaired) electrons. The van der Waals surface area contributed by atoms with Crippen LogP contribution in [-0.4, -0.2) is 46.1 Å². The van der Waals surface area contributed by atoms with E-state index in [0.717, 1.165) is 74.9 Å². The van der Waals surface area contributed by atoms with Gasteiger partial charge in [-0.25, -0.2) is 4.79 Å². The van der Waals surface area contributed by atoms with Gasteiger partial charge in [-0.05, 0) is 57.5 Å². The molecule has 1 aliphatic heterocycles. The largest absolute Gasteiger partial charge is 0.332 e. The van der Waals surface area contributed by atoms with Crippen molar-refractivity contribution in [1.29, 1.82) is 0 Å². The molecule has 1 aliphatic carbocycles.